The van der Waals surface area contributed by atoms with E-state index in [9.17, 15) is 9.18 Å². The molecule has 0 fully saturated rings. The van der Waals surface area contributed by atoms with Crippen molar-refractivity contribution in [2.24, 2.45) is 0 Å². The molecule has 1 heterocycles. The number of hydrogen-bond acceptors (Lipinski definition) is 3. The zero-order valence-corrected chi connectivity index (χ0v) is 11.6. The fourth-order valence-electron chi connectivity index (χ4n) is 1.77. The van der Waals surface area contributed by atoms with E-state index >= 15 is 0 Å². The van der Waals surface area contributed by atoms with Crippen LogP contribution in [0.2, 0.25) is 5.02 Å². The van der Waals surface area contributed by atoms with Gasteiger partial charge in [0.05, 0.1) is 10.6 Å². The van der Waals surface area contributed by atoms with E-state index in [1.165, 1.54) is 29.3 Å². The van der Waals surface area contributed by atoms with E-state index in [0.717, 1.165) is 0 Å². The lowest BCUT2D eigenvalue weighted by atomic mass is 10.2. The first-order valence-electron chi connectivity index (χ1n) is 5.88. The number of pyridine rings is 1. The molecule has 0 bridgehead atoms. The summed E-state index contributed by atoms with van der Waals surface area (Å²) in [6.07, 6.45) is 1.37. The highest BCUT2D eigenvalue weighted by Gasteiger charge is 2.14. The molecule has 0 aliphatic rings. The van der Waals surface area contributed by atoms with Crippen molar-refractivity contribution in [1.82, 2.24) is 9.88 Å². The van der Waals surface area contributed by atoms with Gasteiger partial charge in [-0.1, -0.05) is 23.7 Å². The maximum atomic E-state index is 13.1. The zero-order valence-electron chi connectivity index (χ0n) is 10.8. The minimum absolute atomic E-state index is 0.177. The molecular formula is C14H13ClFN3O. The molecule has 0 radical (unpaired) electrons. The van der Waals surface area contributed by atoms with Gasteiger partial charge in [-0.25, -0.2) is 9.37 Å². The van der Waals surface area contributed by atoms with Crippen LogP contribution in [0.15, 0.2) is 36.5 Å². The summed E-state index contributed by atoms with van der Waals surface area (Å²) >= 11 is 5.84. The van der Waals surface area contributed by atoms with E-state index in [4.69, 9.17) is 17.3 Å². The Morgan fingerprint density at radius 3 is 2.85 bits per heavy atom. The summed E-state index contributed by atoms with van der Waals surface area (Å²) in [5.74, 6) is -0.416. The Bertz CT molecular complexity index is 648. The normalized spacial score (nSPS) is 10.3. The van der Waals surface area contributed by atoms with Crippen molar-refractivity contribution in [2.45, 2.75) is 6.54 Å². The van der Waals surface area contributed by atoms with Gasteiger partial charge in [0.2, 0.25) is 0 Å². The molecule has 20 heavy (non-hydrogen) atoms. The number of nitrogens with two attached hydrogens (primary N) is 1. The number of aromatic nitrogens is 1. The van der Waals surface area contributed by atoms with Crippen LogP contribution in [0.4, 0.5) is 10.2 Å². The molecule has 0 aliphatic heterocycles. The van der Waals surface area contributed by atoms with Crippen LogP contribution >= 0.6 is 11.6 Å². The average Bonchev–Trinajstić information content (AvgIpc) is 2.41. The first-order chi connectivity index (χ1) is 9.47. The van der Waals surface area contributed by atoms with Crippen LogP contribution in [-0.2, 0) is 6.54 Å². The number of halogens is 2. The van der Waals surface area contributed by atoms with Gasteiger partial charge in [0, 0.05) is 19.8 Å². The minimum Gasteiger partial charge on any atom is -0.382 e. The Morgan fingerprint density at radius 2 is 2.20 bits per heavy atom. The van der Waals surface area contributed by atoms with Gasteiger partial charge in [-0.05, 0) is 23.8 Å². The van der Waals surface area contributed by atoms with Crippen molar-refractivity contribution in [3.8, 4) is 0 Å². The minimum atomic E-state index is -0.333. The highest BCUT2D eigenvalue weighted by molar-refractivity contribution is 6.33. The molecule has 104 valence electrons. The summed E-state index contributed by atoms with van der Waals surface area (Å²) in [5.41, 5.74) is 6.54. The van der Waals surface area contributed by atoms with Crippen LogP contribution in [0, 0.1) is 5.82 Å². The zero-order chi connectivity index (χ0) is 14.7. The lowest BCUT2D eigenvalue weighted by molar-refractivity contribution is 0.0784. The Morgan fingerprint density at radius 1 is 1.45 bits per heavy atom. The largest absolute Gasteiger partial charge is 0.382 e. The van der Waals surface area contributed by atoms with Gasteiger partial charge in [-0.3, -0.25) is 4.79 Å². The van der Waals surface area contributed by atoms with Gasteiger partial charge in [-0.2, -0.15) is 0 Å². The number of anilines is 1. The second-order valence-electron chi connectivity index (χ2n) is 4.38. The molecule has 0 saturated carbocycles. The van der Waals surface area contributed by atoms with E-state index < -0.39 is 0 Å². The maximum absolute atomic E-state index is 13.1. The van der Waals surface area contributed by atoms with Crippen molar-refractivity contribution < 1.29 is 9.18 Å². The summed E-state index contributed by atoms with van der Waals surface area (Å²) in [7, 11) is 1.62. The number of hydrogen-bond donors (Lipinski definition) is 1. The maximum Gasteiger partial charge on any atom is 0.255 e. The number of nitrogen functional groups attached to an aromatic ring is 1. The Hall–Kier alpha value is -2.14. The van der Waals surface area contributed by atoms with Crippen LogP contribution in [0.3, 0.4) is 0 Å². The molecule has 0 aliphatic carbocycles. The van der Waals surface area contributed by atoms with Crippen molar-refractivity contribution >= 4 is 23.3 Å². The average molecular weight is 294 g/mol. The van der Waals surface area contributed by atoms with Crippen molar-refractivity contribution in [1.29, 1.82) is 0 Å². The lowest BCUT2D eigenvalue weighted by Gasteiger charge is -2.17. The molecule has 1 amide bonds. The van der Waals surface area contributed by atoms with Crippen LogP contribution in [0.1, 0.15) is 15.9 Å². The standard InChI is InChI=1S/C14H13ClFN3O/c1-19(8-9-3-2-4-11(16)5-9)14(20)10-6-12(15)13(17)18-7-10/h2-7H,8H2,1H3,(H2,17,18). The Labute approximate surface area is 121 Å². The number of amides is 1. The third-order valence-electron chi connectivity index (χ3n) is 2.77. The Balaban J connectivity index is 2.14. The predicted molar refractivity (Wildman–Crippen MR) is 75.9 cm³/mol. The highest BCUT2D eigenvalue weighted by atomic mass is 35.5. The van der Waals surface area contributed by atoms with Crippen LogP contribution in [0.5, 0.6) is 0 Å². The van der Waals surface area contributed by atoms with Crippen molar-refractivity contribution in [3.05, 3.63) is 58.5 Å². The third kappa shape index (κ3) is 3.24. The van der Waals surface area contributed by atoms with Crippen LogP contribution in [0.25, 0.3) is 0 Å². The topological polar surface area (TPSA) is 59.2 Å². The van der Waals surface area contributed by atoms with E-state index in [1.807, 2.05) is 0 Å². The van der Waals surface area contributed by atoms with E-state index in [-0.39, 0.29) is 22.6 Å². The van der Waals surface area contributed by atoms with Gasteiger partial charge in [0.15, 0.2) is 0 Å². The fraction of sp³-hybridized carbons (Fsp3) is 0.143. The number of rotatable bonds is 3. The molecule has 4 nitrogen and oxygen atoms in total. The van der Waals surface area contributed by atoms with Gasteiger partial charge in [-0.15, -0.1) is 0 Å². The quantitative estimate of drug-likeness (QED) is 0.946. The molecule has 0 spiro atoms. The summed E-state index contributed by atoms with van der Waals surface area (Å²) in [4.78, 5) is 17.5. The van der Waals surface area contributed by atoms with Crippen LogP contribution < -0.4 is 5.73 Å². The van der Waals surface area contributed by atoms with Gasteiger partial charge in [0.1, 0.15) is 11.6 Å². The van der Waals surface area contributed by atoms with Crippen molar-refractivity contribution in [3.63, 3.8) is 0 Å². The number of carbonyl (C=O) groups is 1. The molecule has 0 unspecified atom stereocenters. The van der Waals surface area contributed by atoms with Gasteiger partial charge >= 0.3 is 0 Å². The molecule has 2 rings (SSSR count). The highest BCUT2D eigenvalue weighted by Crippen LogP contribution is 2.18. The van der Waals surface area contributed by atoms with Gasteiger partial charge < -0.3 is 10.6 Å². The first-order valence-corrected chi connectivity index (χ1v) is 6.26. The fourth-order valence-corrected chi connectivity index (χ4v) is 1.93. The number of carbonyl (C=O) groups excluding carboxylic acids is 1. The summed E-state index contributed by atoms with van der Waals surface area (Å²) in [5, 5.41) is 0.231. The molecule has 1 aromatic heterocycles. The summed E-state index contributed by atoms with van der Waals surface area (Å²) in [6, 6.07) is 7.56. The third-order valence-corrected chi connectivity index (χ3v) is 3.07. The molecule has 0 atom stereocenters. The summed E-state index contributed by atoms with van der Waals surface area (Å²) < 4.78 is 13.1. The van der Waals surface area contributed by atoms with Crippen molar-refractivity contribution in [2.75, 3.05) is 12.8 Å². The first kappa shape index (κ1) is 14.3. The lowest BCUT2D eigenvalue weighted by Crippen LogP contribution is -2.26. The monoisotopic (exact) mass is 293 g/mol. The molecule has 1 aromatic carbocycles. The van der Waals surface area contributed by atoms with E-state index in [1.54, 1.807) is 19.2 Å². The van der Waals surface area contributed by atoms with E-state index in [2.05, 4.69) is 4.98 Å². The Kier molecular flexibility index (Phi) is 4.20. The second kappa shape index (κ2) is 5.88. The smallest absolute Gasteiger partial charge is 0.255 e. The predicted octanol–water partition coefficient (Wildman–Crippen LogP) is 2.73. The molecular weight excluding hydrogens is 281 g/mol. The number of benzene rings is 1. The molecule has 2 aromatic rings. The van der Waals surface area contributed by atoms with Gasteiger partial charge in [0.25, 0.3) is 5.91 Å². The van der Waals surface area contributed by atoms with E-state index in [0.29, 0.717) is 17.7 Å². The molecule has 2 N–H and O–H groups in total. The van der Waals surface area contributed by atoms with Crippen LogP contribution in [-0.4, -0.2) is 22.8 Å². The summed E-state index contributed by atoms with van der Waals surface area (Å²) in [6.45, 7) is 0.290. The number of nitrogens with zero attached hydrogens (tertiary/aromatic N) is 2. The SMILES string of the molecule is CN(Cc1cccc(F)c1)C(=O)c1cnc(N)c(Cl)c1. The second-order valence-corrected chi connectivity index (χ2v) is 4.79. The molecule has 6 heteroatoms. The molecule has 0 saturated heterocycles.